The van der Waals surface area contributed by atoms with E-state index in [1.54, 1.807) is 12.1 Å². The molecule has 0 radical (unpaired) electrons. The Morgan fingerprint density at radius 3 is 0.760 bits per heavy atom. The van der Waals surface area contributed by atoms with Crippen molar-refractivity contribution < 1.29 is 257 Å². The first kappa shape index (κ1) is 106. The zero-order chi connectivity index (χ0) is 94.5. The third-order valence-corrected chi connectivity index (χ3v) is 17.8. The lowest BCUT2D eigenvalue weighted by Crippen LogP contribution is -2.74. The number of halogens is 51. The topological polar surface area (TPSA) is 78.9 Å². The second kappa shape index (κ2) is 34.8. The van der Waals surface area contributed by atoms with Crippen molar-refractivity contribution in [3.8, 4) is 23.0 Å². The third-order valence-electron chi connectivity index (χ3n) is 17.8. The summed E-state index contributed by atoms with van der Waals surface area (Å²) in [6, 6.07) is 5.24. The minimum absolute atomic E-state index is 0.0403. The molecule has 0 bridgehead atoms. The number of benzene rings is 2. The molecule has 0 amide bonds. The fourth-order valence-corrected chi connectivity index (χ4v) is 10.6. The van der Waals surface area contributed by atoms with Gasteiger partial charge in [0, 0.05) is 68.9 Å². The molecule has 0 atom stereocenters. The van der Waals surface area contributed by atoms with Gasteiger partial charge in [0.15, 0.2) is 11.5 Å². The lowest BCUT2D eigenvalue weighted by atomic mass is 9.88. The summed E-state index contributed by atoms with van der Waals surface area (Å²) < 4.78 is 743. The molecule has 60 heteroatoms. The van der Waals surface area contributed by atoms with Crippen LogP contribution in [-0.2, 0) is 9.47 Å². The lowest BCUT2D eigenvalue weighted by Gasteiger charge is -2.42. The van der Waals surface area contributed by atoms with Crippen LogP contribution < -0.4 is 28.7 Å². The summed E-state index contributed by atoms with van der Waals surface area (Å²) in [5.41, 5.74) is 0.121. The van der Waals surface area contributed by atoms with Crippen molar-refractivity contribution in [2.24, 2.45) is 0 Å². The standard InChI is InChI=1S/C61H53F51N2O7/c62-38(63,41(68,69)44(74,75)47(80,81)50(86,87)53(92,93)56(98,99)59(104,105)106)11-1-8-18-118-34-25-30(37(115)121-24-22-116-21-23-117-33-28-31(113-14-4-5-15-113)27-32(29-33)114-16-6-7-17-114)26-35(119-19-9-2-12-39(64,65)42(70,71)45(76,77)48(82,83)51(88,89)54(94,95)57(100,101)60(107,108)109)36(34)120-20-10-3-13-40(66,67)43(72,73)46(78,79)49(84,85)52(90,91)55(96,97)58(102,103)61(110,111)112/h25-29H,1-24H2. The van der Waals surface area contributed by atoms with Crippen LogP contribution in [0.3, 0.4) is 0 Å². The van der Waals surface area contributed by atoms with Crippen LogP contribution in [0.15, 0.2) is 30.3 Å². The van der Waals surface area contributed by atoms with Crippen molar-refractivity contribution in [1.82, 2.24) is 0 Å². The molecule has 2 saturated heterocycles. The van der Waals surface area contributed by atoms with Crippen LogP contribution in [-0.4, -0.2) is 221 Å². The van der Waals surface area contributed by atoms with Crippen LogP contribution in [0, 0.1) is 0 Å². The first-order valence-corrected chi connectivity index (χ1v) is 33.0. The normalized spacial score (nSPS) is 16.5. The maximum absolute atomic E-state index is 14.9. The SMILES string of the molecule is O=C(OCCOCCOc1cc(N2CCCC2)cc(N2CCCC2)c1)c1cc(OCCCCC(F)(F)C(F)(F)C(F)(F)C(F)(F)C(F)(F)C(F)(F)C(F)(F)C(F)(F)F)c(OCCCCC(F)(F)C(F)(F)C(F)(F)C(F)(F)C(F)(F)C(F)(F)C(F)(F)C(F)(F)F)c(OCCCCC(F)(F)C(F)(F)C(F)(F)C(F)(F)C(F)(F)C(F)(F)C(F)(F)C(F)(F)F)c1. The molecule has 4 rings (SSSR count). The third kappa shape index (κ3) is 18.7. The number of alkyl halides is 51. The number of anilines is 2. The monoisotopic (exact) mass is 1890 g/mol. The van der Waals surface area contributed by atoms with Crippen LogP contribution in [0.1, 0.15) is 93.8 Å². The van der Waals surface area contributed by atoms with Crippen LogP contribution >= 0.6 is 0 Å². The van der Waals surface area contributed by atoms with E-state index in [2.05, 4.69) is 0 Å². The van der Waals surface area contributed by atoms with Crippen LogP contribution in [0.5, 0.6) is 23.0 Å². The molecule has 2 aromatic rings. The molecule has 0 unspecified atom stereocenters. The summed E-state index contributed by atoms with van der Waals surface area (Å²) in [7, 11) is 0. The highest BCUT2D eigenvalue weighted by atomic mass is 19.5. The molecular formula is C61H53F51N2O7. The van der Waals surface area contributed by atoms with E-state index in [4.69, 9.17) is 28.4 Å². The number of rotatable bonds is 46. The fraction of sp³-hybridized carbons (Fsp3) is 0.787. The molecule has 121 heavy (non-hydrogen) atoms. The van der Waals surface area contributed by atoms with Gasteiger partial charge >= 0.3 is 149 Å². The summed E-state index contributed by atoms with van der Waals surface area (Å²) >= 11 is 0. The Labute approximate surface area is 641 Å². The zero-order valence-electron chi connectivity index (χ0n) is 58.9. The lowest BCUT2D eigenvalue weighted by molar-refractivity contribution is -0.461. The van der Waals surface area contributed by atoms with E-state index in [0.717, 1.165) is 37.1 Å². The number of carbonyl (C=O) groups is 1. The first-order chi connectivity index (χ1) is 53.8. The van der Waals surface area contributed by atoms with Crippen molar-refractivity contribution in [3.05, 3.63) is 35.9 Å². The van der Waals surface area contributed by atoms with Gasteiger partial charge in [-0.05, 0) is 82.4 Å². The van der Waals surface area contributed by atoms with E-state index in [1.807, 2.05) is 15.9 Å². The predicted octanol–water partition coefficient (Wildman–Crippen LogP) is 23.8. The number of unbranched alkanes of at least 4 members (excludes halogenated alkanes) is 3. The molecule has 706 valence electrons. The quantitative estimate of drug-likeness (QED) is 0.0366. The molecule has 0 N–H and O–H groups in total. The van der Waals surface area contributed by atoms with E-state index in [-0.39, 0.29) is 24.5 Å². The van der Waals surface area contributed by atoms with Crippen LogP contribution in [0.2, 0.25) is 0 Å². The number of hydrogen-bond donors (Lipinski definition) is 0. The Hall–Kier alpha value is -6.90. The summed E-state index contributed by atoms with van der Waals surface area (Å²) in [4.78, 5) is 17.6. The van der Waals surface area contributed by atoms with Crippen molar-refractivity contribution in [1.29, 1.82) is 0 Å². The van der Waals surface area contributed by atoms with Gasteiger partial charge in [-0.15, -0.1) is 0 Å². The zero-order valence-corrected chi connectivity index (χ0v) is 58.9. The van der Waals surface area contributed by atoms with Gasteiger partial charge in [0.1, 0.15) is 19.0 Å². The summed E-state index contributed by atoms with van der Waals surface area (Å²) in [5, 5.41) is 0. The number of hydrogen-bond acceptors (Lipinski definition) is 9. The van der Waals surface area contributed by atoms with Gasteiger partial charge < -0.3 is 38.2 Å². The van der Waals surface area contributed by atoms with Crippen molar-refractivity contribution in [3.63, 3.8) is 0 Å². The number of carbonyl (C=O) groups excluding carboxylic acids is 1. The fourth-order valence-electron chi connectivity index (χ4n) is 10.6. The largest absolute Gasteiger partial charge is 0.491 e. The average Bonchev–Trinajstić information content (AvgIpc) is 0.918. The highest BCUT2D eigenvalue weighted by molar-refractivity contribution is 5.91. The van der Waals surface area contributed by atoms with E-state index < -0.39 is 269 Å². The van der Waals surface area contributed by atoms with Gasteiger partial charge in [-0.2, -0.15) is 224 Å². The molecule has 2 aliphatic rings. The summed E-state index contributed by atoms with van der Waals surface area (Å²) in [5.74, 6) is -188. The smallest absolute Gasteiger partial charge is 0.460 e. The minimum atomic E-state index is -9.15. The average molecular weight is 1900 g/mol. The molecule has 2 aromatic carbocycles. The van der Waals surface area contributed by atoms with Crippen LogP contribution in [0.4, 0.5) is 235 Å². The minimum Gasteiger partial charge on any atom is -0.491 e. The van der Waals surface area contributed by atoms with Crippen molar-refractivity contribution in [2.45, 2.75) is 226 Å². The highest BCUT2D eigenvalue weighted by Gasteiger charge is 2.99. The summed E-state index contributed by atoms with van der Waals surface area (Å²) in [6.45, 7) is -5.55. The maximum Gasteiger partial charge on any atom is 0.460 e. The van der Waals surface area contributed by atoms with Gasteiger partial charge in [-0.25, -0.2) is 4.79 Å². The Bertz CT molecular complexity index is 3600. The van der Waals surface area contributed by atoms with Crippen LogP contribution in [0.25, 0.3) is 0 Å². The Kier molecular flexibility index (Phi) is 30.6. The molecular weight excluding hydrogens is 1840 g/mol. The molecule has 2 fully saturated rings. The Morgan fingerprint density at radius 2 is 0.496 bits per heavy atom. The number of esters is 1. The van der Waals surface area contributed by atoms with Crippen molar-refractivity contribution >= 4 is 17.3 Å². The van der Waals surface area contributed by atoms with Gasteiger partial charge in [-0.3, -0.25) is 0 Å². The number of nitrogens with zero attached hydrogens (tertiary/aromatic N) is 2. The molecule has 0 saturated carbocycles. The molecule has 2 aliphatic heterocycles. The maximum atomic E-state index is 14.9. The van der Waals surface area contributed by atoms with E-state index in [1.165, 1.54) is 0 Å². The van der Waals surface area contributed by atoms with Crippen molar-refractivity contribution in [2.75, 3.05) is 82.2 Å². The van der Waals surface area contributed by atoms with E-state index in [0.29, 0.717) is 26.2 Å². The Morgan fingerprint density at radius 1 is 0.256 bits per heavy atom. The Balaban J connectivity index is 1.79. The van der Waals surface area contributed by atoms with E-state index >= 15 is 0 Å². The number of ether oxygens (including phenoxy) is 6. The molecule has 0 aromatic heterocycles. The second-order valence-corrected chi connectivity index (χ2v) is 26.3. The van der Waals surface area contributed by atoms with Gasteiger partial charge in [-0.1, -0.05) is 0 Å². The second-order valence-electron chi connectivity index (χ2n) is 26.3. The van der Waals surface area contributed by atoms with E-state index in [9.17, 15) is 229 Å². The molecule has 2 heterocycles. The molecule has 9 nitrogen and oxygen atoms in total. The summed E-state index contributed by atoms with van der Waals surface area (Å²) in [6.07, 6.45) is -43.0. The molecule has 0 aliphatic carbocycles. The first-order valence-electron chi connectivity index (χ1n) is 33.0. The predicted molar refractivity (Wildman–Crippen MR) is 302 cm³/mol. The molecule has 0 spiro atoms. The van der Waals surface area contributed by atoms with Gasteiger partial charge in [0.2, 0.25) is 5.75 Å². The van der Waals surface area contributed by atoms with Gasteiger partial charge in [0.25, 0.3) is 0 Å². The van der Waals surface area contributed by atoms with Gasteiger partial charge in [0.05, 0.1) is 38.6 Å². The highest BCUT2D eigenvalue weighted by Crippen LogP contribution is 2.69.